The van der Waals surface area contributed by atoms with E-state index in [2.05, 4.69) is 17.2 Å². The average Bonchev–Trinajstić information content (AvgIpc) is 2.95. The minimum Gasteiger partial charge on any atom is -0.394 e. The second-order valence-electron chi connectivity index (χ2n) is 9.32. The van der Waals surface area contributed by atoms with Crippen LogP contribution < -0.4 is 5.32 Å². The molecule has 6 heteroatoms. The van der Waals surface area contributed by atoms with Crippen LogP contribution in [0.15, 0.2) is 85.2 Å². The number of nitrogens with zero attached hydrogens (tertiary/aromatic N) is 2. The van der Waals surface area contributed by atoms with Gasteiger partial charge in [0, 0.05) is 42.5 Å². The monoisotopic (exact) mass is 495 g/mol. The van der Waals surface area contributed by atoms with Crippen LogP contribution in [0.2, 0.25) is 0 Å². The average molecular weight is 496 g/mol. The van der Waals surface area contributed by atoms with Gasteiger partial charge in [-0.2, -0.15) is 0 Å². The molecule has 0 unspecified atom stereocenters. The third-order valence-electron chi connectivity index (χ3n) is 6.51. The molecule has 0 radical (unpaired) electrons. The normalized spacial score (nSPS) is 11.8. The molecule has 2 N–H and O–H groups in total. The zero-order chi connectivity index (χ0) is 26.2. The summed E-state index contributed by atoms with van der Waals surface area (Å²) in [6, 6.07) is 22.4. The molecule has 0 bridgehead atoms. The third kappa shape index (κ3) is 6.40. The van der Waals surface area contributed by atoms with Crippen LogP contribution in [-0.2, 0) is 6.42 Å². The Morgan fingerprint density at radius 1 is 1.00 bits per heavy atom. The summed E-state index contributed by atoms with van der Waals surface area (Å²) in [7, 11) is 1.79. The molecule has 190 valence electrons. The molecular formula is C31H33N3O3. The number of aliphatic hydroxyl groups is 1. The second-order valence-corrected chi connectivity index (χ2v) is 9.32. The van der Waals surface area contributed by atoms with Crippen LogP contribution in [-0.4, -0.2) is 53.0 Å². The van der Waals surface area contributed by atoms with Crippen LogP contribution in [0.1, 0.15) is 46.0 Å². The summed E-state index contributed by atoms with van der Waals surface area (Å²) in [4.78, 5) is 32.7. The van der Waals surface area contributed by atoms with Crippen molar-refractivity contribution in [1.29, 1.82) is 0 Å². The van der Waals surface area contributed by atoms with Crippen molar-refractivity contribution in [2.45, 2.75) is 32.2 Å². The van der Waals surface area contributed by atoms with Crippen LogP contribution in [0.25, 0.3) is 21.9 Å². The predicted molar refractivity (Wildman–Crippen MR) is 148 cm³/mol. The molecule has 0 aliphatic heterocycles. The number of pyridine rings is 1. The molecule has 0 aliphatic carbocycles. The van der Waals surface area contributed by atoms with Crippen molar-refractivity contribution in [2.24, 2.45) is 0 Å². The van der Waals surface area contributed by atoms with Crippen molar-refractivity contribution in [3.63, 3.8) is 0 Å². The first-order valence-corrected chi connectivity index (χ1v) is 12.7. The Balaban J connectivity index is 1.71. The van der Waals surface area contributed by atoms with Crippen molar-refractivity contribution < 1.29 is 14.7 Å². The summed E-state index contributed by atoms with van der Waals surface area (Å²) < 4.78 is 0. The Labute approximate surface area is 218 Å². The molecular weight excluding hydrogens is 462 g/mol. The van der Waals surface area contributed by atoms with Gasteiger partial charge in [0.1, 0.15) is 0 Å². The molecule has 1 atom stereocenters. The number of carbonyl (C=O) groups excluding carboxylic acids is 2. The Kier molecular flexibility index (Phi) is 8.64. The van der Waals surface area contributed by atoms with Crippen LogP contribution in [0.3, 0.4) is 0 Å². The molecule has 0 saturated carbocycles. The number of aromatic nitrogens is 1. The molecule has 37 heavy (non-hydrogen) atoms. The molecule has 0 aliphatic rings. The lowest BCUT2D eigenvalue weighted by Crippen LogP contribution is -2.39. The van der Waals surface area contributed by atoms with Crippen molar-refractivity contribution >= 4 is 22.6 Å². The number of unbranched alkanes of at least 4 members (excludes halogenated alkanes) is 1. The molecule has 0 spiro atoms. The van der Waals surface area contributed by atoms with Crippen molar-refractivity contribution in [3.05, 3.63) is 102 Å². The number of carbonyl (C=O) groups is 2. The van der Waals surface area contributed by atoms with Gasteiger partial charge in [0.25, 0.3) is 11.8 Å². The van der Waals surface area contributed by atoms with Gasteiger partial charge >= 0.3 is 0 Å². The Morgan fingerprint density at radius 2 is 1.78 bits per heavy atom. The van der Waals surface area contributed by atoms with E-state index in [1.165, 1.54) is 0 Å². The zero-order valence-corrected chi connectivity index (χ0v) is 21.4. The molecule has 4 rings (SSSR count). The minimum atomic E-state index is -0.450. The quantitative estimate of drug-likeness (QED) is 0.320. The van der Waals surface area contributed by atoms with Crippen molar-refractivity contribution in [2.75, 3.05) is 20.2 Å². The fraction of sp³-hybridized carbons (Fsp3) is 0.258. The predicted octanol–water partition coefficient (Wildman–Crippen LogP) is 5.11. The number of aliphatic hydroxyl groups excluding tert-OH is 1. The first-order valence-electron chi connectivity index (χ1n) is 12.7. The fourth-order valence-corrected chi connectivity index (χ4v) is 4.46. The van der Waals surface area contributed by atoms with Gasteiger partial charge in [-0.25, -0.2) is 0 Å². The Bertz CT molecular complexity index is 1370. The van der Waals surface area contributed by atoms with E-state index in [1.807, 2.05) is 66.7 Å². The maximum atomic E-state index is 13.4. The highest BCUT2D eigenvalue weighted by molar-refractivity contribution is 6.04. The van der Waals surface area contributed by atoms with E-state index in [1.54, 1.807) is 30.4 Å². The number of hydrogen-bond acceptors (Lipinski definition) is 4. The highest BCUT2D eigenvalue weighted by atomic mass is 16.3. The van der Waals surface area contributed by atoms with E-state index >= 15 is 0 Å². The first kappa shape index (κ1) is 26.0. The summed E-state index contributed by atoms with van der Waals surface area (Å²) in [6.45, 7) is 2.54. The van der Waals surface area contributed by atoms with Crippen LogP contribution in [0.4, 0.5) is 0 Å². The zero-order valence-electron chi connectivity index (χ0n) is 21.4. The fourth-order valence-electron chi connectivity index (χ4n) is 4.46. The summed E-state index contributed by atoms with van der Waals surface area (Å²) in [6.07, 6.45) is 5.94. The highest BCUT2D eigenvalue weighted by Crippen LogP contribution is 2.30. The standard InChI is InChI=1S/C31H33N3O3/c1-3-4-15-34(2)31(37)26-18-24(28-12-8-11-23-20-32-14-13-29(23)28)17-25(19-26)30(36)33-27(21-35)16-22-9-6-5-7-10-22/h5-14,17-20,27,35H,3-4,15-16,21H2,1-2H3,(H,33,36)/t27-/m0/s1. The van der Waals surface area contributed by atoms with E-state index in [4.69, 9.17) is 0 Å². The molecule has 4 aromatic rings. The number of nitrogens with one attached hydrogen (secondary N) is 1. The lowest BCUT2D eigenvalue weighted by molar-refractivity contribution is 0.0793. The smallest absolute Gasteiger partial charge is 0.253 e. The summed E-state index contributed by atoms with van der Waals surface area (Å²) in [5.74, 6) is -0.460. The van der Waals surface area contributed by atoms with E-state index in [-0.39, 0.29) is 18.4 Å². The van der Waals surface area contributed by atoms with E-state index in [0.29, 0.717) is 24.1 Å². The second kappa shape index (κ2) is 12.3. The van der Waals surface area contributed by atoms with Gasteiger partial charge < -0.3 is 15.3 Å². The number of rotatable bonds is 10. The Morgan fingerprint density at radius 3 is 2.54 bits per heavy atom. The highest BCUT2D eigenvalue weighted by Gasteiger charge is 2.19. The van der Waals surface area contributed by atoms with E-state index in [9.17, 15) is 14.7 Å². The number of fused-ring (bicyclic) bond motifs is 1. The summed E-state index contributed by atoms with van der Waals surface area (Å²) in [5, 5.41) is 14.9. The van der Waals surface area contributed by atoms with Crippen LogP contribution in [0, 0.1) is 0 Å². The van der Waals surface area contributed by atoms with Crippen LogP contribution in [0.5, 0.6) is 0 Å². The topological polar surface area (TPSA) is 82.5 Å². The number of benzene rings is 3. The molecule has 0 fully saturated rings. The molecule has 3 aromatic carbocycles. The van der Waals surface area contributed by atoms with E-state index < -0.39 is 6.04 Å². The number of amides is 2. The largest absolute Gasteiger partial charge is 0.394 e. The lowest BCUT2D eigenvalue weighted by atomic mass is 9.95. The summed E-state index contributed by atoms with van der Waals surface area (Å²) in [5.41, 5.74) is 3.55. The van der Waals surface area contributed by atoms with Gasteiger partial charge in [-0.05, 0) is 59.2 Å². The summed E-state index contributed by atoms with van der Waals surface area (Å²) >= 11 is 0. The maximum Gasteiger partial charge on any atom is 0.253 e. The van der Waals surface area contributed by atoms with Gasteiger partial charge in [0.2, 0.25) is 0 Å². The molecule has 2 amide bonds. The third-order valence-corrected chi connectivity index (χ3v) is 6.51. The van der Waals surface area contributed by atoms with Crippen molar-refractivity contribution in [3.8, 4) is 11.1 Å². The molecule has 0 saturated heterocycles. The lowest BCUT2D eigenvalue weighted by Gasteiger charge is -2.20. The molecule has 1 heterocycles. The van der Waals surface area contributed by atoms with Gasteiger partial charge in [0.15, 0.2) is 0 Å². The SMILES string of the molecule is CCCCN(C)C(=O)c1cc(C(=O)N[C@H](CO)Cc2ccccc2)cc(-c2cccc3cnccc23)c1. The Hall–Kier alpha value is -4.03. The van der Waals surface area contributed by atoms with Gasteiger partial charge in [-0.3, -0.25) is 14.6 Å². The maximum absolute atomic E-state index is 13.4. The molecule has 1 aromatic heterocycles. The van der Waals surface area contributed by atoms with Gasteiger partial charge in [0.05, 0.1) is 12.6 Å². The van der Waals surface area contributed by atoms with E-state index in [0.717, 1.165) is 40.3 Å². The van der Waals surface area contributed by atoms with Gasteiger partial charge in [-0.15, -0.1) is 0 Å². The van der Waals surface area contributed by atoms with Crippen LogP contribution >= 0.6 is 0 Å². The minimum absolute atomic E-state index is 0.130. The molecule has 6 nitrogen and oxygen atoms in total. The first-order chi connectivity index (χ1) is 18.0. The number of hydrogen-bond donors (Lipinski definition) is 2. The van der Waals surface area contributed by atoms with Crippen molar-refractivity contribution in [1.82, 2.24) is 15.2 Å². The van der Waals surface area contributed by atoms with Gasteiger partial charge in [-0.1, -0.05) is 61.9 Å².